The van der Waals surface area contributed by atoms with E-state index in [1.54, 1.807) is 13.8 Å². The molecule has 0 fully saturated rings. The number of hydrogen-bond acceptors (Lipinski definition) is 5. The summed E-state index contributed by atoms with van der Waals surface area (Å²) in [5.41, 5.74) is 6.00. The lowest BCUT2D eigenvalue weighted by Gasteiger charge is -2.07. The van der Waals surface area contributed by atoms with Gasteiger partial charge in [0.2, 0.25) is 0 Å². The Balaban J connectivity index is 0.000000956. The first kappa shape index (κ1) is 16.2. The first-order valence-corrected chi connectivity index (χ1v) is 7.47. The molecule has 7 heteroatoms. The van der Waals surface area contributed by atoms with E-state index in [-0.39, 0.29) is 11.3 Å². The van der Waals surface area contributed by atoms with Crippen LogP contribution >= 0.6 is 0 Å². The number of rotatable bonds is 1. The lowest BCUT2D eigenvalue weighted by Crippen LogP contribution is -2.08. The molecule has 1 heterocycles. The summed E-state index contributed by atoms with van der Waals surface area (Å²) in [6.07, 6.45) is 0. The summed E-state index contributed by atoms with van der Waals surface area (Å²) in [5.74, 6) is 0. The van der Waals surface area contributed by atoms with E-state index in [0.717, 1.165) is 0 Å². The van der Waals surface area contributed by atoms with E-state index in [4.69, 9.17) is 14.7 Å². The number of aryl methyl sites for hydroxylation is 1. The number of nitrogens with two attached hydrogens (primary N) is 1. The molecule has 0 bridgehead atoms. The molecule has 1 aromatic heterocycles. The summed E-state index contributed by atoms with van der Waals surface area (Å²) in [4.78, 5) is 11.1. The molecule has 0 spiro atoms. The van der Waals surface area contributed by atoms with Crippen LogP contribution in [0.2, 0.25) is 0 Å². The zero-order valence-corrected chi connectivity index (χ0v) is 12.5. The van der Waals surface area contributed by atoms with Gasteiger partial charge in [-0.3, -0.25) is 4.55 Å². The summed E-state index contributed by atoms with van der Waals surface area (Å²) < 4.78 is 36.3. The Hall–Kier alpha value is -1.86. The molecule has 2 rings (SSSR count). The Labute approximate surface area is 117 Å². The van der Waals surface area contributed by atoms with Gasteiger partial charge in [0.15, 0.2) is 0 Å². The number of nitrogen functional groups attached to an aromatic ring is 1. The summed E-state index contributed by atoms with van der Waals surface area (Å²) in [5, 5.41) is 0.425. The van der Waals surface area contributed by atoms with Crippen LogP contribution in [0, 0.1) is 13.8 Å². The minimum atomic E-state index is -4.41. The van der Waals surface area contributed by atoms with Gasteiger partial charge in [0, 0.05) is 17.0 Å². The summed E-state index contributed by atoms with van der Waals surface area (Å²) >= 11 is 0. The highest BCUT2D eigenvalue weighted by Gasteiger charge is 2.17. The van der Waals surface area contributed by atoms with Crippen molar-refractivity contribution in [2.45, 2.75) is 32.6 Å². The van der Waals surface area contributed by atoms with Crippen LogP contribution in [0.4, 0.5) is 5.69 Å². The molecule has 0 aliphatic rings. The van der Waals surface area contributed by atoms with Crippen molar-refractivity contribution < 1.29 is 17.4 Å². The van der Waals surface area contributed by atoms with Crippen molar-refractivity contribution in [1.82, 2.24) is 0 Å². The molecule has 6 nitrogen and oxygen atoms in total. The maximum atomic E-state index is 11.5. The highest BCUT2D eigenvalue weighted by atomic mass is 32.2. The standard InChI is InChI=1S/C11H11NO5S.C2H6/c1-5-6(2)11(13)17-9-4-8(12)10(3-7(5)9)18(14,15)16;1-2/h3-4H,12H2,1-2H3,(H,14,15,16);1-2H3. The smallest absolute Gasteiger partial charge is 0.339 e. The van der Waals surface area contributed by atoms with Crippen LogP contribution in [0.3, 0.4) is 0 Å². The number of anilines is 1. The van der Waals surface area contributed by atoms with Crippen LogP contribution in [-0.4, -0.2) is 13.0 Å². The van der Waals surface area contributed by atoms with Gasteiger partial charge in [0.05, 0.1) is 5.69 Å². The van der Waals surface area contributed by atoms with Crippen molar-refractivity contribution in [2.75, 3.05) is 5.73 Å². The van der Waals surface area contributed by atoms with Gasteiger partial charge < -0.3 is 10.2 Å². The Morgan fingerprint density at radius 1 is 1.15 bits per heavy atom. The Bertz CT molecular complexity index is 806. The quantitative estimate of drug-likeness (QED) is 0.474. The van der Waals surface area contributed by atoms with E-state index in [1.807, 2.05) is 13.8 Å². The van der Waals surface area contributed by atoms with Crippen LogP contribution < -0.4 is 11.4 Å². The molecule has 20 heavy (non-hydrogen) atoms. The van der Waals surface area contributed by atoms with Crippen LogP contribution in [0.1, 0.15) is 25.0 Å². The minimum absolute atomic E-state index is 0.170. The molecule has 0 saturated heterocycles. The molecule has 0 saturated carbocycles. The fourth-order valence-electron chi connectivity index (χ4n) is 1.71. The summed E-state index contributed by atoms with van der Waals surface area (Å²) in [7, 11) is -4.41. The lowest BCUT2D eigenvalue weighted by atomic mass is 10.1. The third kappa shape index (κ3) is 2.83. The summed E-state index contributed by atoms with van der Waals surface area (Å²) in [6, 6.07) is 2.41. The zero-order chi connectivity index (χ0) is 15.7. The largest absolute Gasteiger partial charge is 0.422 e. The second-order valence-corrected chi connectivity index (χ2v) is 5.39. The molecule has 0 atom stereocenters. The molecule has 1 aromatic carbocycles. The van der Waals surface area contributed by atoms with Crippen molar-refractivity contribution >= 4 is 26.8 Å². The second kappa shape index (κ2) is 5.64. The van der Waals surface area contributed by atoms with E-state index >= 15 is 0 Å². The molecule has 0 aliphatic heterocycles. The van der Waals surface area contributed by atoms with Crippen molar-refractivity contribution in [3.8, 4) is 0 Å². The van der Waals surface area contributed by atoms with E-state index in [9.17, 15) is 13.2 Å². The predicted octanol–water partition coefficient (Wildman–Crippen LogP) is 2.26. The maximum Gasteiger partial charge on any atom is 0.339 e. The molecular weight excluding hydrogens is 282 g/mol. The first-order chi connectivity index (χ1) is 9.21. The first-order valence-electron chi connectivity index (χ1n) is 6.03. The highest BCUT2D eigenvalue weighted by molar-refractivity contribution is 7.86. The second-order valence-electron chi connectivity index (χ2n) is 4.00. The Kier molecular flexibility index (Phi) is 4.57. The molecule has 110 valence electrons. The maximum absolute atomic E-state index is 11.5. The number of hydrogen-bond donors (Lipinski definition) is 2. The zero-order valence-electron chi connectivity index (χ0n) is 11.7. The van der Waals surface area contributed by atoms with Gasteiger partial charge >= 0.3 is 5.63 Å². The van der Waals surface area contributed by atoms with E-state index in [1.165, 1.54) is 12.1 Å². The van der Waals surface area contributed by atoms with Crippen molar-refractivity contribution in [3.05, 3.63) is 33.7 Å². The minimum Gasteiger partial charge on any atom is -0.422 e. The fraction of sp³-hybridized carbons (Fsp3) is 0.308. The van der Waals surface area contributed by atoms with E-state index < -0.39 is 20.6 Å². The van der Waals surface area contributed by atoms with Crippen LogP contribution in [0.15, 0.2) is 26.2 Å². The Morgan fingerprint density at radius 2 is 1.70 bits per heavy atom. The van der Waals surface area contributed by atoms with Gasteiger partial charge in [-0.25, -0.2) is 4.79 Å². The van der Waals surface area contributed by atoms with Gasteiger partial charge in [0.25, 0.3) is 10.1 Å². The van der Waals surface area contributed by atoms with Crippen LogP contribution in [0.25, 0.3) is 11.0 Å². The third-order valence-electron chi connectivity index (χ3n) is 2.87. The van der Waals surface area contributed by atoms with Gasteiger partial charge in [0.1, 0.15) is 10.5 Å². The molecule has 0 aliphatic carbocycles. The van der Waals surface area contributed by atoms with E-state index in [2.05, 4.69) is 0 Å². The average Bonchev–Trinajstić information content (AvgIpc) is 2.36. The molecular formula is C13H17NO5S. The van der Waals surface area contributed by atoms with Gasteiger partial charge in [-0.15, -0.1) is 0 Å². The average molecular weight is 299 g/mol. The monoisotopic (exact) mass is 299 g/mol. The predicted molar refractivity (Wildman–Crippen MR) is 77.5 cm³/mol. The molecule has 0 amide bonds. The molecule has 2 aromatic rings. The van der Waals surface area contributed by atoms with Gasteiger partial charge in [-0.1, -0.05) is 13.8 Å². The molecule has 0 unspecified atom stereocenters. The number of fused-ring (bicyclic) bond motifs is 1. The van der Waals surface area contributed by atoms with Crippen molar-refractivity contribution in [1.29, 1.82) is 0 Å². The van der Waals surface area contributed by atoms with Crippen LogP contribution in [0.5, 0.6) is 0 Å². The van der Waals surface area contributed by atoms with E-state index in [0.29, 0.717) is 16.5 Å². The van der Waals surface area contributed by atoms with Gasteiger partial charge in [-0.05, 0) is 25.5 Å². The van der Waals surface area contributed by atoms with Crippen molar-refractivity contribution in [3.63, 3.8) is 0 Å². The Morgan fingerprint density at radius 3 is 2.20 bits per heavy atom. The summed E-state index contributed by atoms with van der Waals surface area (Å²) in [6.45, 7) is 7.24. The number of benzene rings is 1. The van der Waals surface area contributed by atoms with Crippen molar-refractivity contribution in [2.24, 2.45) is 0 Å². The van der Waals surface area contributed by atoms with Gasteiger partial charge in [-0.2, -0.15) is 8.42 Å². The lowest BCUT2D eigenvalue weighted by molar-refractivity contribution is 0.483. The van der Waals surface area contributed by atoms with Crippen LogP contribution in [-0.2, 0) is 10.1 Å². The molecule has 3 N–H and O–H groups in total. The highest BCUT2D eigenvalue weighted by Crippen LogP contribution is 2.27. The fourth-order valence-corrected chi connectivity index (χ4v) is 2.33. The topological polar surface area (TPSA) is 111 Å². The normalized spacial score (nSPS) is 11.1. The SMILES string of the molecule is CC.Cc1c(C)c2cc(S(=O)(=O)O)c(N)cc2oc1=O. The molecule has 0 radical (unpaired) electrons. The third-order valence-corrected chi connectivity index (χ3v) is 3.77.